The van der Waals surface area contributed by atoms with Crippen molar-refractivity contribution in [1.29, 1.82) is 5.41 Å². The standard InChI is InChI=1S/C22H40N8O5/c23-10-2-1-6-14(24)19(32)30-13-5-9-17(30)20(33)29-12-4-8-16(29)18(31)28-15(21(34)35)7-3-11-27-22(25)26/h14-17H,1-13,23-24H2,(H,28,31)(H,34,35)(H4,25,26,27)/t14-,15-,16-,17-/m0/s1. The van der Waals surface area contributed by atoms with Crippen molar-refractivity contribution in [2.45, 2.75) is 82.0 Å². The third-order valence-corrected chi connectivity index (χ3v) is 6.55. The third-order valence-electron chi connectivity index (χ3n) is 6.55. The average molecular weight is 497 g/mol. The summed E-state index contributed by atoms with van der Waals surface area (Å²) >= 11 is 0. The first-order valence-corrected chi connectivity index (χ1v) is 12.3. The molecule has 0 spiro atoms. The Morgan fingerprint density at radius 1 is 1.00 bits per heavy atom. The molecule has 0 bridgehead atoms. The number of carbonyl (C=O) groups is 4. The van der Waals surface area contributed by atoms with Crippen molar-refractivity contribution in [3.05, 3.63) is 0 Å². The van der Waals surface area contributed by atoms with Gasteiger partial charge in [0.15, 0.2) is 5.96 Å². The summed E-state index contributed by atoms with van der Waals surface area (Å²) in [5.74, 6) is -2.45. The molecular weight excluding hydrogens is 456 g/mol. The minimum Gasteiger partial charge on any atom is -0.480 e. The third kappa shape index (κ3) is 8.06. The average Bonchev–Trinajstić information content (AvgIpc) is 3.50. The van der Waals surface area contributed by atoms with Gasteiger partial charge in [-0.05, 0) is 57.9 Å². The highest BCUT2D eigenvalue weighted by Crippen LogP contribution is 2.26. The fourth-order valence-electron chi connectivity index (χ4n) is 4.68. The molecule has 0 aromatic rings. The van der Waals surface area contributed by atoms with Gasteiger partial charge in [0.05, 0.1) is 6.04 Å². The highest BCUT2D eigenvalue weighted by atomic mass is 16.4. The highest BCUT2D eigenvalue weighted by molar-refractivity contribution is 5.94. The molecular formula is C22H40N8O5. The number of unbranched alkanes of at least 4 members (excludes halogenated alkanes) is 1. The number of hydrogen-bond donors (Lipinski definition) is 7. The van der Waals surface area contributed by atoms with E-state index in [-0.39, 0.29) is 24.2 Å². The van der Waals surface area contributed by atoms with E-state index >= 15 is 0 Å². The van der Waals surface area contributed by atoms with Gasteiger partial charge < -0.3 is 42.7 Å². The molecule has 0 aromatic heterocycles. The Hall–Kier alpha value is -2.93. The van der Waals surface area contributed by atoms with Gasteiger partial charge in [-0.2, -0.15) is 0 Å². The summed E-state index contributed by atoms with van der Waals surface area (Å²) in [4.78, 5) is 53.9. The second-order valence-electron chi connectivity index (χ2n) is 9.15. The number of nitrogens with two attached hydrogens (primary N) is 3. The van der Waals surface area contributed by atoms with Crippen LogP contribution in [0.15, 0.2) is 0 Å². The number of hydrogen-bond acceptors (Lipinski definition) is 7. The number of carboxylic acids is 1. The first-order valence-electron chi connectivity index (χ1n) is 12.3. The van der Waals surface area contributed by atoms with Gasteiger partial charge >= 0.3 is 5.97 Å². The molecule has 2 saturated heterocycles. The molecule has 198 valence electrons. The lowest BCUT2D eigenvalue weighted by atomic mass is 10.1. The van der Waals surface area contributed by atoms with Gasteiger partial charge in [0.25, 0.3) is 0 Å². The summed E-state index contributed by atoms with van der Waals surface area (Å²) in [7, 11) is 0. The predicted octanol–water partition coefficient (Wildman–Crippen LogP) is -1.74. The molecule has 3 amide bonds. The Morgan fingerprint density at radius 2 is 1.66 bits per heavy atom. The van der Waals surface area contributed by atoms with Crippen LogP contribution in [0.2, 0.25) is 0 Å². The Balaban J connectivity index is 1.98. The Bertz CT molecular complexity index is 779. The van der Waals surface area contributed by atoms with Gasteiger partial charge in [-0.3, -0.25) is 19.8 Å². The summed E-state index contributed by atoms with van der Waals surface area (Å²) in [5.41, 5.74) is 16.8. The SMILES string of the molecule is N=C(N)NCCC[C@H](NC(=O)[C@@H]1CCCN1C(=O)[C@@H]1CCCN1C(=O)[C@@H](N)CCCCN)C(=O)O. The molecule has 2 aliphatic rings. The maximum absolute atomic E-state index is 13.4. The Labute approximate surface area is 205 Å². The molecule has 4 atom stereocenters. The van der Waals surface area contributed by atoms with E-state index in [0.717, 1.165) is 12.8 Å². The van der Waals surface area contributed by atoms with Crippen molar-refractivity contribution in [1.82, 2.24) is 20.4 Å². The first kappa shape index (κ1) is 28.3. The quantitative estimate of drug-likeness (QED) is 0.0872. The molecule has 13 nitrogen and oxygen atoms in total. The van der Waals surface area contributed by atoms with E-state index in [0.29, 0.717) is 64.7 Å². The molecule has 0 radical (unpaired) electrons. The highest BCUT2D eigenvalue weighted by Gasteiger charge is 2.43. The van der Waals surface area contributed by atoms with Crippen LogP contribution in [0.3, 0.4) is 0 Å². The molecule has 2 fully saturated rings. The summed E-state index contributed by atoms with van der Waals surface area (Å²) in [6, 6.07) is -3.26. The molecule has 0 aliphatic carbocycles. The van der Waals surface area contributed by atoms with Crippen LogP contribution in [0.4, 0.5) is 0 Å². The Kier molecular flexibility index (Phi) is 11.2. The number of nitrogens with one attached hydrogen (secondary N) is 3. The number of carbonyl (C=O) groups excluding carboxylic acids is 3. The van der Waals surface area contributed by atoms with E-state index in [1.54, 1.807) is 0 Å². The molecule has 0 saturated carbocycles. The smallest absolute Gasteiger partial charge is 0.326 e. The summed E-state index contributed by atoms with van der Waals surface area (Å²) < 4.78 is 0. The summed E-state index contributed by atoms with van der Waals surface area (Å²) in [5, 5.41) is 21.8. The minimum absolute atomic E-state index is 0.148. The topological polar surface area (TPSA) is 221 Å². The lowest BCUT2D eigenvalue weighted by molar-refractivity contribution is -0.148. The maximum Gasteiger partial charge on any atom is 0.326 e. The molecule has 0 unspecified atom stereocenters. The van der Waals surface area contributed by atoms with Crippen LogP contribution >= 0.6 is 0 Å². The van der Waals surface area contributed by atoms with Crippen LogP contribution in [0, 0.1) is 5.41 Å². The van der Waals surface area contributed by atoms with Crippen molar-refractivity contribution >= 4 is 29.7 Å². The zero-order valence-corrected chi connectivity index (χ0v) is 20.2. The van der Waals surface area contributed by atoms with Crippen LogP contribution in [0.5, 0.6) is 0 Å². The number of amides is 3. The van der Waals surface area contributed by atoms with Crippen molar-refractivity contribution < 1.29 is 24.3 Å². The number of likely N-dealkylation sites (tertiary alicyclic amines) is 2. The van der Waals surface area contributed by atoms with Crippen molar-refractivity contribution in [3.8, 4) is 0 Å². The van der Waals surface area contributed by atoms with Gasteiger partial charge in [-0.15, -0.1) is 0 Å². The normalized spacial score (nSPS) is 21.4. The van der Waals surface area contributed by atoms with Gasteiger partial charge in [-0.25, -0.2) is 4.79 Å². The molecule has 2 rings (SSSR count). The summed E-state index contributed by atoms with van der Waals surface area (Å²) in [6.07, 6.45) is 4.77. The lowest BCUT2D eigenvalue weighted by Crippen LogP contribution is -2.56. The molecule has 2 aliphatic heterocycles. The second kappa shape index (κ2) is 13.8. The van der Waals surface area contributed by atoms with E-state index in [2.05, 4.69) is 10.6 Å². The zero-order chi connectivity index (χ0) is 26.0. The van der Waals surface area contributed by atoms with Crippen LogP contribution in [0.25, 0.3) is 0 Å². The van der Waals surface area contributed by atoms with Crippen molar-refractivity contribution in [3.63, 3.8) is 0 Å². The van der Waals surface area contributed by atoms with Crippen LogP contribution in [0.1, 0.15) is 57.8 Å². The van der Waals surface area contributed by atoms with Crippen LogP contribution in [-0.2, 0) is 19.2 Å². The fourth-order valence-corrected chi connectivity index (χ4v) is 4.68. The van der Waals surface area contributed by atoms with E-state index in [9.17, 15) is 24.3 Å². The molecule has 35 heavy (non-hydrogen) atoms. The molecule has 10 N–H and O–H groups in total. The second-order valence-corrected chi connectivity index (χ2v) is 9.15. The van der Waals surface area contributed by atoms with Crippen LogP contribution in [-0.4, -0.2) is 94.9 Å². The summed E-state index contributed by atoms with van der Waals surface area (Å²) in [6.45, 7) is 1.66. The molecule has 2 heterocycles. The van der Waals surface area contributed by atoms with E-state index in [1.165, 1.54) is 9.80 Å². The van der Waals surface area contributed by atoms with Crippen molar-refractivity contribution in [2.24, 2.45) is 17.2 Å². The minimum atomic E-state index is -1.17. The van der Waals surface area contributed by atoms with Gasteiger partial charge in [0.1, 0.15) is 18.1 Å². The number of rotatable bonds is 13. The number of guanidine groups is 1. The van der Waals surface area contributed by atoms with Crippen molar-refractivity contribution in [2.75, 3.05) is 26.2 Å². The zero-order valence-electron chi connectivity index (χ0n) is 20.2. The number of aliphatic carboxylic acids is 1. The first-order chi connectivity index (χ1) is 16.7. The lowest BCUT2D eigenvalue weighted by Gasteiger charge is -2.32. The largest absolute Gasteiger partial charge is 0.480 e. The molecule has 0 aromatic carbocycles. The predicted molar refractivity (Wildman–Crippen MR) is 129 cm³/mol. The molecule has 13 heteroatoms. The number of nitrogens with zero attached hydrogens (tertiary/aromatic N) is 2. The fraction of sp³-hybridized carbons (Fsp3) is 0.773. The monoisotopic (exact) mass is 496 g/mol. The Morgan fingerprint density at radius 3 is 2.29 bits per heavy atom. The van der Waals surface area contributed by atoms with Crippen LogP contribution < -0.4 is 27.8 Å². The van der Waals surface area contributed by atoms with Gasteiger partial charge in [0.2, 0.25) is 17.7 Å². The maximum atomic E-state index is 13.4. The van der Waals surface area contributed by atoms with E-state index < -0.39 is 36.0 Å². The van der Waals surface area contributed by atoms with Gasteiger partial charge in [0, 0.05) is 19.6 Å². The van der Waals surface area contributed by atoms with E-state index in [1.807, 2.05) is 0 Å². The van der Waals surface area contributed by atoms with Gasteiger partial charge in [-0.1, -0.05) is 6.42 Å². The number of carboxylic acid groups (broad SMARTS) is 1. The van der Waals surface area contributed by atoms with E-state index in [4.69, 9.17) is 22.6 Å².